The predicted octanol–water partition coefficient (Wildman–Crippen LogP) is 3.14. The van der Waals surface area contributed by atoms with Crippen molar-refractivity contribution in [1.82, 2.24) is 9.97 Å². The van der Waals surface area contributed by atoms with E-state index >= 15 is 0 Å². The van der Waals surface area contributed by atoms with Crippen LogP contribution in [0.3, 0.4) is 0 Å². The Balaban J connectivity index is 1.73. The van der Waals surface area contributed by atoms with Gasteiger partial charge in [-0.2, -0.15) is 4.98 Å². The maximum absolute atomic E-state index is 11.5. The minimum absolute atomic E-state index is 0.139. The summed E-state index contributed by atoms with van der Waals surface area (Å²) in [5.74, 6) is 1.25. The Labute approximate surface area is 193 Å². The minimum atomic E-state index is -0.531. The molecule has 2 aromatic rings. The number of rotatable bonds is 6. The molecule has 2 fully saturated rings. The standard InChI is InChI=1S/C23H30N6O4/c1-15-14-33-12-9-29(15)22-27-20(16-3-5-17(6-4-16)26-23(30)31-2)19(13-24)21(28-22)25-18-7-10-32-11-8-18/h3-6,13,15,18,24H,7-12,14H2,1-2H3,(H,26,30)(H,25,27,28)/t15-/m1/s1. The summed E-state index contributed by atoms with van der Waals surface area (Å²) >= 11 is 0. The summed E-state index contributed by atoms with van der Waals surface area (Å²) in [7, 11) is 1.32. The lowest BCUT2D eigenvalue weighted by atomic mass is 10.0. The van der Waals surface area contributed by atoms with Gasteiger partial charge in [0.2, 0.25) is 5.95 Å². The first-order chi connectivity index (χ1) is 16.1. The Morgan fingerprint density at radius 2 is 1.94 bits per heavy atom. The third-order valence-corrected chi connectivity index (χ3v) is 5.85. The third kappa shape index (κ3) is 5.40. The van der Waals surface area contributed by atoms with Crippen LogP contribution in [0.5, 0.6) is 0 Å². The maximum atomic E-state index is 11.5. The van der Waals surface area contributed by atoms with E-state index in [1.807, 2.05) is 12.1 Å². The van der Waals surface area contributed by atoms with Gasteiger partial charge in [-0.3, -0.25) is 5.32 Å². The number of methoxy groups -OCH3 is 1. The number of amides is 1. The van der Waals surface area contributed by atoms with Gasteiger partial charge in [-0.1, -0.05) is 12.1 Å². The predicted molar refractivity (Wildman–Crippen MR) is 126 cm³/mol. The van der Waals surface area contributed by atoms with E-state index in [0.29, 0.717) is 61.7 Å². The lowest BCUT2D eigenvalue weighted by molar-refractivity contribution is 0.0903. The summed E-state index contributed by atoms with van der Waals surface area (Å²) < 4.78 is 15.7. The summed E-state index contributed by atoms with van der Waals surface area (Å²) in [5, 5.41) is 14.3. The zero-order chi connectivity index (χ0) is 23.2. The number of ether oxygens (including phenoxy) is 3. The zero-order valence-corrected chi connectivity index (χ0v) is 19.0. The van der Waals surface area contributed by atoms with Gasteiger partial charge in [-0.05, 0) is 31.9 Å². The number of carbonyl (C=O) groups excluding carboxylic acids is 1. The van der Waals surface area contributed by atoms with Crippen LogP contribution < -0.4 is 15.5 Å². The average Bonchev–Trinajstić information content (AvgIpc) is 2.85. The molecular weight excluding hydrogens is 424 g/mol. The number of hydrogen-bond donors (Lipinski definition) is 3. The number of aromatic nitrogens is 2. The molecule has 1 atom stereocenters. The van der Waals surface area contributed by atoms with Gasteiger partial charge in [0.05, 0.1) is 37.6 Å². The van der Waals surface area contributed by atoms with Gasteiger partial charge in [-0.15, -0.1) is 0 Å². The molecule has 0 aliphatic carbocycles. The number of nitrogens with one attached hydrogen (secondary N) is 3. The quantitative estimate of drug-likeness (QED) is 0.569. The van der Waals surface area contributed by atoms with E-state index in [2.05, 4.69) is 27.2 Å². The summed E-state index contributed by atoms with van der Waals surface area (Å²) in [4.78, 5) is 23.4. The van der Waals surface area contributed by atoms with E-state index < -0.39 is 6.09 Å². The molecule has 2 saturated heterocycles. The van der Waals surface area contributed by atoms with E-state index in [9.17, 15) is 4.79 Å². The number of carbonyl (C=O) groups is 1. The van der Waals surface area contributed by atoms with Gasteiger partial charge in [0, 0.05) is 43.3 Å². The van der Waals surface area contributed by atoms with Gasteiger partial charge >= 0.3 is 6.09 Å². The van der Waals surface area contributed by atoms with Crippen molar-refractivity contribution < 1.29 is 19.0 Å². The highest BCUT2D eigenvalue weighted by Gasteiger charge is 2.25. The lowest BCUT2D eigenvalue weighted by Gasteiger charge is -2.34. The van der Waals surface area contributed by atoms with Crippen LogP contribution in [0.1, 0.15) is 25.3 Å². The topological polar surface area (TPSA) is 122 Å². The molecule has 3 N–H and O–H groups in total. The molecule has 0 bridgehead atoms. The fraction of sp³-hybridized carbons (Fsp3) is 0.478. The van der Waals surface area contributed by atoms with Gasteiger partial charge in [0.15, 0.2) is 0 Å². The molecule has 2 aliphatic rings. The monoisotopic (exact) mass is 454 g/mol. The molecule has 2 aliphatic heterocycles. The highest BCUT2D eigenvalue weighted by atomic mass is 16.5. The Morgan fingerprint density at radius 3 is 2.61 bits per heavy atom. The zero-order valence-electron chi connectivity index (χ0n) is 19.0. The Hall–Kier alpha value is -3.24. The Kier molecular flexibility index (Phi) is 7.36. The number of anilines is 3. The van der Waals surface area contributed by atoms with Crippen molar-refractivity contribution in [2.45, 2.75) is 31.8 Å². The first kappa shape index (κ1) is 22.9. The van der Waals surface area contributed by atoms with Crippen LogP contribution in [0.4, 0.5) is 22.2 Å². The normalized spacial score (nSPS) is 19.1. The van der Waals surface area contributed by atoms with Crippen molar-refractivity contribution in [3.05, 3.63) is 29.8 Å². The fourth-order valence-electron chi connectivity index (χ4n) is 3.99. The Bertz CT molecular complexity index is 978. The van der Waals surface area contributed by atoms with Crippen molar-refractivity contribution in [3.8, 4) is 11.3 Å². The lowest BCUT2D eigenvalue weighted by Crippen LogP contribution is -2.44. The molecule has 0 spiro atoms. The van der Waals surface area contributed by atoms with E-state index in [1.54, 1.807) is 12.1 Å². The third-order valence-electron chi connectivity index (χ3n) is 5.85. The largest absolute Gasteiger partial charge is 0.453 e. The molecule has 1 aromatic carbocycles. The van der Waals surface area contributed by atoms with E-state index in [4.69, 9.17) is 24.9 Å². The molecule has 1 amide bonds. The second-order valence-corrected chi connectivity index (χ2v) is 8.12. The maximum Gasteiger partial charge on any atom is 0.411 e. The molecule has 3 heterocycles. The smallest absolute Gasteiger partial charge is 0.411 e. The summed E-state index contributed by atoms with van der Waals surface area (Å²) in [5.41, 5.74) is 2.72. The van der Waals surface area contributed by atoms with Crippen molar-refractivity contribution in [3.63, 3.8) is 0 Å². The number of benzene rings is 1. The van der Waals surface area contributed by atoms with Crippen LogP contribution in [0.2, 0.25) is 0 Å². The second kappa shape index (κ2) is 10.6. The first-order valence-electron chi connectivity index (χ1n) is 11.2. The van der Waals surface area contributed by atoms with Crippen molar-refractivity contribution in [1.29, 1.82) is 5.41 Å². The van der Waals surface area contributed by atoms with Gasteiger partial charge in [0.25, 0.3) is 0 Å². The van der Waals surface area contributed by atoms with Gasteiger partial charge in [-0.25, -0.2) is 9.78 Å². The second-order valence-electron chi connectivity index (χ2n) is 8.12. The van der Waals surface area contributed by atoms with E-state index in [1.165, 1.54) is 13.3 Å². The molecule has 0 unspecified atom stereocenters. The molecule has 33 heavy (non-hydrogen) atoms. The minimum Gasteiger partial charge on any atom is -0.453 e. The highest BCUT2D eigenvalue weighted by Crippen LogP contribution is 2.31. The fourth-order valence-corrected chi connectivity index (χ4v) is 3.99. The molecule has 4 rings (SSSR count). The SMILES string of the molecule is COC(=O)Nc1ccc(-c2nc(N3CCOC[C@H]3C)nc(NC3CCOCC3)c2C=N)cc1. The van der Waals surface area contributed by atoms with Crippen molar-refractivity contribution >= 4 is 29.8 Å². The average molecular weight is 455 g/mol. The number of nitrogens with zero attached hydrogens (tertiary/aromatic N) is 3. The van der Waals surface area contributed by atoms with Crippen LogP contribution in [0.15, 0.2) is 24.3 Å². The van der Waals surface area contributed by atoms with Crippen LogP contribution in [0.25, 0.3) is 11.3 Å². The molecule has 176 valence electrons. The van der Waals surface area contributed by atoms with Crippen LogP contribution in [-0.4, -0.2) is 74.4 Å². The van der Waals surface area contributed by atoms with E-state index in [-0.39, 0.29) is 12.1 Å². The van der Waals surface area contributed by atoms with Gasteiger partial charge < -0.3 is 29.8 Å². The van der Waals surface area contributed by atoms with Crippen LogP contribution in [0, 0.1) is 5.41 Å². The molecule has 0 radical (unpaired) electrons. The number of morpholine rings is 1. The molecular formula is C23H30N6O4. The summed E-state index contributed by atoms with van der Waals surface area (Å²) in [6, 6.07) is 7.66. The van der Waals surface area contributed by atoms with Crippen molar-refractivity contribution in [2.24, 2.45) is 0 Å². The first-order valence-corrected chi connectivity index (χ1v) is 11.2. The molecule has 10 nitrogen and oxygen atoms in total. The van der Waals surface area contributed by atoms with Gasteiger partial charge in [0.1, 0.15) is 5.82 Å². The summed E-state index contributed by atoms with van der Waals surface area (Å²) in [6.45, 7) is 5.43. The van der Waals surface area contributed by atoms with Crippen molar-refractivity contribution in [2.75, 3.05) is 55.6 Å². The van der Waals surface area contributed by atoms with Crippen LogP contribution >= 0.6 is 0 Å². The molecule has 1 aromatic heterocycles. The molecule has 0 saturated carbocycles. The molecule has 10 heteroatoms. The van der Waals surface area contributed by atoms with E-state index in [0.717, 1.165) is 18.4 Å². The van der Waals surface area contributed by atoms with Crippen LogP contribution in [-0.2, 0) is 14.2 Å². The number of hydrogen-bond acceptors (Lipinski definition) is 9. The Morgan fingerprint density at radius 1 is 1.18 bits per heavy atom. The highest BCUT2D eigenvalue weighted by molar-refractivity contribution is 5.94. The summed E-state index contributed by atoms with van der Waals surface area (Å²) in [6.07, 6.45) is 2.53.